The number of benzene rings is 2. The summed E-state index contributed by atoms with van der Waals surface area (Å²) < 4.78 is 11.1. The smallest absolute Gasteiger partial charge is 0.316 e. The SMILES string of the molecule is Cc1ccc(Cl)cc1N1CCN(CCNC(=O)c2nc(-c3oc4ccccc4c3C)no2)CC1. The molecule has 0 unspecified atom stereocenters. The largest absolute Gasteiger partial charge is 0.452 e. The highest BCUT2D eigenvalue weighted by Gasteiger charge is 2.22. The maximum Gasteiger partial charge on any atom is 0.316 e. The molecule has 34 heavy (non-hydrogen) atoms. The molecule has 1 saturated heterocycles. The summed E-state index contributed by atoms with van der Waals surface area (Å²) in [5.74, 6) is 0.319. The maximum absolute atomic E-state index is 12.5. The number of carbonyl (C=O) groups is 1. The molecule has 5 rings (SSSR count). The summed E-state index contributed by atoms with van der Waals surface area (Å²) in [6.45, 7) is 8.94. The van der Waals surface area contributed by atoms with E-state index in [1.807, 2.05) is 43.3 Å². The number of carbonyl (C=O) groups excluding carboxylic acids is 1. The number of rotatable bonds is 6. The number of fused-ring (bicyclic) bond motifs is 1. The van der Waals surface area contributed by atoms with Gasteiger partial charge in [0.05, 0.1) is 0 Å². The standard InChI is InChI=1S/C25H26ClN5O3/c1-16-7-8-18(26)15-20(16)31-13-11-30(12-14-31)10-9-27-24(32)25-28-23(29-34-25)22-17(2)19-5-3-4-6-21(19)33-22/h3-8,15H,9-14H2,1-2H3,(H,27,32). The summed E-state index contributed by atoms with van der Waals surface area (Å²) in [4.78, 5) is 21.4. The lowest BCUT2D eigenvalue weighted by atomic mass is 10.1. The average molecular weight is 480 g/mol. The molecule has 0 spiro atoms. The number of nitrogens with one attached hydrogen (secondary N) is 1. The predicted octanol–water partition coefficient (Wildman–Crippen LogP) is 4.31. The Kier molecular flexibility index (Phi) is 6.26. The van der Waals surface area contributed by atoms with E-state index in [-0.39, 0.29) is 17.6 Å². The highest BCUT2D eigenvalue weighted by Crippen LogP contribution is 2.31. The average Bonchev–Trinajstić information content (AvgIpc) is 3.46. The van der Waals surface area contributed by atoms with Crippen molar-refractivity contribution in [3.8, 4) is 11.6 Å². The van der Waals surface area contributed by atoms with Crippen molar-refractivity contribution < 1.29 is 13.7 Å². The minimum atomic E-state index is -0.388. The van der Waals surface area contributed by atoms with Crippen molar-refractivity contribution in [3.63, 3.8) is 0 Å². The number of hydrogen-bond donors (Lipinski definition) is 1. The molecule has 1 N–H and O–H groups in total. The number of aromatic nitrogens is 2. The van der Waals surface area contributed by atoms with Gasteiger partial charge in [0.15, 0.2) is 5.76 Å². The zero-order valence-electron chi connectivity index (χ0n) is 19.2. The number of anilines is 1. The Labute approximate surface area is 202 Å². The molecule has 0 radical (unpaired) electrons. The molecular weight excluding hydrogens is 454 g/mol. The first kappa shape index (κ1) is 22.4. The van der Waals surface area contributed by atoms with Crippen LogP contribution >= 0.6 is 11.6 Å². The van der Waals surface area contributed by atoms with Gasteiger partial charge in [-0.1, -0.05) is 41.0 Å². The highest BCUT2D eigenvalue weighted by atomic mass is 35.5. The van der Waals surface area contributed by atoms with Gasteiger partial charge in [0.1, 0.15) is 5.58 Å². The Hall–Kier alpha value is -3.36. The van der Waals surface area contributed by atoms with Crippen molar-refractivity contribution >= 4 is 34.2 Å². The van der Waals surface area contributed by atoms with E-state index in [9.17, 15) is 4.79 Å². The van der Waals surface area contributed by atoms with Crippen LogP contribution < -0.4 is 10.2 Å². The van der Waals surface area contributed by atoms with Crippen LogP contribution in [-0.4, -0.2) is 60.2 Å². The molecule has 1 amide bonds. The minimum absolute atomic E-state index is 0.0730. The number of nitrogens with zero attached hydrogens (tertiary/aromatic N) is 4. The van der Waals surface area contributed by atoms with Gasteiger partial charge in [-0.3, -0.25) is 9.69 Å². The minimum Gasteiger partial charge on any atom is -0.452 e. The molecule has 0 aliphatic carbocycles. The fraction of sp³-hybridized carbons (Fsp3) is 0.320. The third kappa shape index (κ3) is 4.51. The van der Waals surface area contributed by atoms with E-state index in [2.05, 4.69) is 38.2 Å². The Balaban J connectivity index is 1.13. The second-order valence-corrected chi connectivity index (χ2v) is 8.93. The van der Waals surface area contributed by atoms with Gasteiger partial charge in [-0.2, -0.15) is 4.98 Å². The zero-order valence-corrected chi connectivity index (χ0v) is 19.9. The van der Waals surface area contributed by atoms with E-state index in [1.165, 1.54) is 11.3 Å². The Morgan fingerprint density at radius 1 is 1.12 bits per heavy atom. The van der Waals surface area contributed by atoms with Crippen molar-refractivity contribution in [2.45, 2.75) is 13.8 Å². The van der Waals surface area contributed by atoms with Gasteiger partial charge in [0.25, 0.3) is 0 Å². The Morgan fingerprint density at radius 2 is 1.91 bits per heavy atom. The number of halogens is 1. The van der Waals surface area contributed by atoms with Crippen molar-refractivity contribution in [2.24, 2.45) is 0 Å². The number of piperazine rings is 1. The molecule has 1 aliphatic heterocycles. The molecule has 2 aromatic heterocycles. The third-order valence-electron chi connectivity index (χ3n) is 6.26. The molecule has 4 aromatic rings. The maximum atomic E-state index is 12.5. The van der Waals surface area contributed by atoms with Crippen LogP contribution in [0.1, 0.15) is 21.8 Å². The zero-order chi connectivity index (χ0) is 23.7. The van der Waals surface area contributed by atoms with Crippen molar-refractivity contribution in [3.05, 3.63) is 64.5 Å². The first-order chi connectivity index (χ1) is 16.5. The summed E-state index contributed by atoms with van der Waals surface area (Å²) in [5, 5.41) is 8.56. The van der Waals surface area contributed by atoms with E-state index >= 15 is 0 Å². The lowest BCUT2D eigenvalue weighted by Crippen LogP contribution is -2.48. The molecule has 0 saturated carbocycles. The van der Waals surface area contributed by atoms with Crippen molar-refractivity contribution in [2.75, 3.05) is 44.2 Å². The molecule has 3 heterocycles. The normalized spacial score (nSPS) is 14.6. The summed E-state index contributed by atoms with van der Waals surface area (Å²) in [7, 11) is 0. The molecular formula is C25H26ClN5O3. The van der Waals surface area contributed by atoms with Crippen molar-refractivity contribution in [1.29, 1.82) is 0 Å². The van der Waals surface area contributed by atoms with Gasteiger partial charge in [-0.25, -0.2) is 0 Å². The molecule has 0 bridgehead atoms. The Bertz CT molecular complexity index is 1320. The number of amides is 1. The van der Waals surface area contributed by atoms with Crippen LogP contribution in [0, 0.1) is 13.8 Å². The van der Waals surface area contributed by atoms with Crippen molar-refractivity contribution in [1.82, 2.24) is 20.4 Å². The van der Waals surface area contributed by atoms with E-state index in [0.717, 1.165) is 54.3 Å². The second kappa shape index (κ2) is 9.48. The number of aryl methyl sites for hydroxylation is 2. The monoisotopic (exact) mass is 479 g/mol. The van der Waals surface area contributed by atoms with Gasteiger partial charge in [-0.15, -0.1) is 0 Å². The van der Waals surface area contributed by atoms with E-state index in [1.54, 1.807) is 0 Å². The van der Waals surface area contributed by atoms with Gasteiger partial charge in [0, 0.05) is 60.9 Å². The van der Waals surface area contributed by atoms with Crippen LogP contribution in [-0.2, 0) is 0 Å². The van der Waals surface area contributed by atoms with E-state index in [4.69, 9.17) is 20.5 Å². The molecule has 9 heteroatoms. The highest BCUT2D eigenvalue weighted by molar-refractivity contribution is 6.30. The fourth-order valence-corrected chi connectivity index (χ4v) is 4.50. The summed E-state index contributed by atoms with van der Waals surface area (Å²) in [5.41, 5.74) is 4.07. The van der Waals surface area contributed by atoms with E-state index < -0.39 is 0 Å². The topological polar surface area (TPSA) is 87.6 Å². The van der Waals surface area contributed by atoms with Gasteiger partial charge in [-0.05, 0) is 37.6 Å². The van der Waals surface area contributed by atoms with Gasteiger partial charge >= 0.3 is 11.8 Å². The quantitative estimate of drug-likeness (QED) is 0.441. The molecule has 176 valence electrons. The predicted molar refractivity (Wildman–Crippen MR) is 131 cm³/mol. The first-order valence-corrected chi connectivity index (χ1v) is 11.7. The molecule has 1 aliphatic rings. The summed E-state index contributed by atoms with van der Waals surface area (Å²) >= 11 is 6.18. The van der Waals surface area contributed by atoms with E-state index in [0.29, 0.717) is 12.3 Å². The van der Waals surface area contributed by atoms with Crippen LogP contribution in [0.15, 0.2) is 51.4 Å². The second-order valence-electron chi connectivity index (χ2n) is 8.49. The molecule has 0 atom stereocenters. The number of hydrogen-bond acceptors (Lipinski definition) is 7. The van der Waals surface area contributed by atoms with Crippen LogP contribution in [0.25, 0.3) is 22.6 Å². The van der Waals surface area contributed by atoms with Gasteiger partial charge < -0.3 is 19.2 Å². The lowest BCUT2D eigenvalue weighted by Gasteiger charge is -2.36. The van der Waals surface area contributed by atoms with Crippen LogP contribution in [0.5, 0.6) is 0 Å². The summed E-state index contributed by atoms with van der Waals surface area (Å²) in [6, 6.07) is 13.7. The molecule has 1 fully saturated rings. The molecule has 2 aromatic carbocycles. The fourth-order valence-electron chi connectivity index (χ4n) is 4.33. The number of para-hydroxylation sites is 1. The number of furan rings is 1. The van der Waals surface area contributed by atoms with Gasteiger partial charge in [0.2, 0.25) is 5.82 Å². The van der Waals surface area contributed by atoms with Crippen LogP contribution in [0.2, 0.25) is 5.02 Å². The van der Waals surface area contributed by atoms with Crippen LogP contribution in [0.4, 0.5) is 5.69 Å². The van der Waals surface area contributed by atoms with Crippen LogP contribution in [0.3, 0.4) is 0 Å². The third-order valence-corrected chi connectivity index (χ3v) is 6.50. The summed E-state index contributed by atoms with van der Waals surface area (Å²) in [6.07, 6.45) is 0. The lowest BCUT2D eigenvalue weighted by molar-refractivity contribution is 0.0904. The first-order valence-electron chi connectivity index (χ1n) is 11.3. The Morgan fingerprint density at radius 3 is 2.71 bits per heavy atom. The molecule has 8 nitrogen and oxygen atoms in total.